The highest BCUT2D eigenvalue weighted by molar-refractivity contribution is 8.00. The third-order valence-electron chi connectivity index (χ3n) is 4.35. The zero-order valence-corrected chi connectivity index (χ0v) is 20.6. The Morgan fingerprint density at radius 2 is 1.91 bits per heavy atom. The number of sulfonamides is 1. The van der Waals surface area contributed by atoms with Gasteiger partial charge in [0.1, 0.15) is 9.96 Å². The molecule has 0 spiro atoms. The topological polar surface area (TPSA) is 97.4 Å². The van der Waals surface area contributed by atoms with E-state index in [1.54, 1.807) is 48.9 Å². The van der Waals surface area contributed by atoms with Crippen LogP contribution in [0.15, 0.2) is 80.5 Å². The number of thioether (sulfide) groups is 1. The second kappa shape index (κ2) is 10.4. The Morgan fingerprint density at radius 3 is 2.64 bits per heavy atom. The summed E-state index contributed by atoms with van der Waals surface area (Å²) in [5, 5.41) is 6.94. The molecule has 0 unspecified atom stereocenters. The summed E-state index contributed by atoms with van der Waals surface area (Å²) in [5.74, 6) is 0.774. The van der Waals surface area contributed by atoms with Gasteiger partial charge in [-0.15, -0.1) is 34.4 Å². The summed E-state index contributed by atoms with van der Waals surface area (Å²) in [4.78, 5) is 17.7. The van der Waals surface area contributed by atoms with Gasteiger partial charge in [0.05, 0.1) is 18.6 Å². The zero-order chi connectivity index (χ0) is 23.3. The van der Waals surface area contributed by atoms with Crippen molar-refractivity contribution in [3.8, 4) is 17.0 Å². The smallest absolute Gasteiger partial charge is 0.271 e. The molecule has 2 N–H and O–H groups in total. The summed E-state index contributed by atoms with van der Waals surface area (Å²) in [7, 11) is -1.97. The second-order valence-electron chi connectivity index (χ2n) is 6.67. The molecule has 0 bridgehead atoms. The number of anilines is 2. The maximum absolute atomic E-state index is 12.3. The molecule has 2 heterocycles. The number of hydrogen-bond acceptors (Lipinski definition) is 8. The standard InChI is InChI=1S/C22H19N3O4S4/c1-29-17-5-2-4-15(12-17)19-13-32-22(23-19)24-20(26)14-31-18-9-7-16(8-10-18)25-33(27,28)21-6-3-11-30-21/h2-13,25H,14H2,1H3,(H,23,24,26). The molecule has 0 fully saturated rings. The molecule has 2 aromatic carbocycles. The lowest BCUT2D eigenvalue weighted by Gasteiger charge is -2.07. The number of methoxy groups -OCH3 is 1. The number of amides is 1. The van der Waals surface area contributed by atoms with Crippen LogP contribution in [0.25, 0.3) is 11.3 Å². The minimum Gasteiger partial charge on any atom is -0.497 e. The van der Waals surface area contributed by atoms with Gasteiger partial charge in [-0.1, -0.05) is 18.2 Å². The average molecular weight is 518 g/mol. The van der Waals surface area contributed by atoms with Gasteiger partial charge in [0, 0.05) is 21.5 Å². The summed E-state index contributed by atoms with van der Waals surface area (Å²) < 4.78 is 32.6. The highest BCUT2D eigenvalue weighted by Gasteiger charge is 2.15. The van der Waals surface area contributed by atoms with Crippen molar-refractivity contribution >= 4 is 61.2 Å². The molecule has 4 aromatic rings. The third kappa shape index (κ3) is 6.14. The summed E-state index contributed by atoms with van der Waals surface area (Å²) in [6.07, 6.45) is 0. The molecule has 170 valence electrons. The Labute approximate surface area is 203 Å². The number of thiazole rings is 1. The lowest BCUT2D eigenvalue weighted by atomic mass is 10.2. The number of aromatic nitrogens is 1. The van der Waals surface area contributed by atoms with Crippen molar-refractivity contribution < 1.29 is 17.9 Å². The van der Waals surface area contributed by atoms with Gasteiger partial charge in [-0.25, -0.2) is 13.4 Å². The number of hydrogen-bond donors (Lipinski definition) is 2. The van der Waals surface area contributed by atoms with Crippen LogP contribution < -0.4 is 14.8 Å². The van der Waals surface area contributed by atoms with Gasteiger partial charge < -0.3 is 10.1 Å². The second-order valence-corrected chi connectivity index (χ2v) is 11.4. The van der Waals surface area contributed by atoms with E-state index in [0.717, 1.165) is 33.2 Å². The monoisotopic (exact) mass is 517 g/mol. The minimum atomic E-state index is -3.58. The number of rotatable bonds is 9. The lowest BCUT2D eigenvalue weighted by molar-refractivity contribution is -0.113. The maximum Gasteiger partial charge on any atom is 0.271 e. The molecular formula is C22H19N3O4S4. The van der Waals surface area contributed by atoms with E-state index in [4.69, 9.17) is 4.74 Å². The molecule has 0 radical (unpaired) electrons. The fourth-order valence-electron chi connectivity index (χ4n) is 2.79. The number of carbonyl (C=O) groups is 1. The van der Waals surface area contributed by atoms with Gasteiger partial charge in [0.2, 0.25) is 5.91 Å². The van der Waals surface area contributed by atoms with Crippen LogP contribution in [0, 0.1) is 0 Å². The molecule has 33 heavy (non-hydrogen) atoms. The van der Waals surface area contributed by atoms with Gasteiger partial charge in [-0.3, -0.25) is 9.52 Å². The number of carbonyl (C=O) groups excluding carboxylic acids is 1. The van der Waals surface area contributed by atoms with E-state index in [1.807, 2.05) is 29.6 Å². The molecule has 0 saturated carbocycles. The Balaban J connectivity index is 1.30. The number of nitrogens with zero attached hydrogens (tertiary/aromatic N) is 1. The van der Waals surface area contributed by atoms with Crippen LogP contribution in [0.2, 0.25) is 0 Å². The first kappa shape index (κ1) is 23.3. The van der Waals surface area contributed by atoms with Crippen molar-refractivity contribution in [1.29, 1.82) is 0 Å². The predicted molar refractivity (Wildman–Crippen MR) is 135 cm³/mol. The fraction of sp³-hybridized carbons (Fsp3) is 0.0909. The predicted octanol–water partition coefficient (Wildman–Crippen LogP) is 5.41. The molecule has 7 nitrogen and oxygen atoms in total. The van der Waals surface area contributed by atoms with Gasteiger partial charge in [0.15, 0.2) is 5.13 Å². The Bertz CT molecular complexity index is 1330. The Kier molecular flexibility index (Phi) is 7.33. The first-order valence-corrected chi connectivity index (χ1v) is 13.8. The quantitative estimate of drug-likeness (QED) is 0.288. The van der Waals surface area contributed by atoms with E-state index in [-0.39, 0.29) is 15.9 Å². The van der Waals surface area contributed by atoms with Gasteiger partial charge >= 0.3 is 0 Å². The van der Waals surface area contributed by atoms with Gasteiger partial charge in [-0.05, 0) is 47.8 Å². The average Bonchev–Trinajstić information content (AvgIpc) is 3.52. The molecule has 0 aliphatic carbocycles. The van der Waals surface area contributed by atoms with E-state index in [0.29, 0.717) is 10.8 Å². The van der Waals surface area contributed by atoms with Crippen molar-refractivity contribution in [2.75, 3.05) is 22.9 Å². The molecule has 0 aliphatic heterocycles. The van der Waals surface area contributed by atoms with Crippen LogP contribution in [0.3, 0.4) is 0 Å². The van der Waals surface area contributed by atoms with Gasteiger partial charge in [0.25, 0.3) is 10.0 Å². The largest absolute Gasteiger partial charge is 0.497 e. The fourth-order valence-corrected chi connectivity index (χ4v) is 6.28. The minimum absolute atomic E-state index is 0.172. The van der Waals surface area contributed by atoms with Crippen LogP contribution in [0.5, 0.6) is 5.75 Å². The first-order chi connectivity index (χ1) is 15.9. The lowest BCUT2D eigenvalue weighted by Crippen LogP contribution is -2.13. The molecule has 1 amide bonds. The highest BCUT2D eigenvalue weighted by atomic mass is 32.2. The van der Waals surface area contributed by atoms with Crippen molar-refractivity contribution in [1.82, 2.24) is 4.98 Å². The van der Waals surface area contributed by atoms with Crippen molar-refractivity contribution in [2.24, 2.45) is 0 Å². The van der Waals surface area contributed by atoms with E-state index >= 15 is 0 Å². The third-order valence-corrected chi connectivity index (χ3v) is 8.90. The van der Waals surface area contributed by atoms with E-state index in [1.165, 1.54) is 23.1 Å². The number of nitrogens with one attached hydrogen (secondary N) is 2. The normalized spacial score (nSPS) is 11.2. The van der Waals surface area contributed by atoms with Crippen LogP contribution in [0.1, 0.15) is 0 Å². The summed E-state index contributed by atoms with van der Waals surface area (Å²) in [6, 6.07) is 17.7. The van der Waals surface area contributed by atoms with E-state index in [9.17, 15) is 13.2 Å². The number of ether oxygens (including phenoxy) is 1. The first-order valence-electron chi connectivity index (χ1n) is 9.62. The Morgan fingerprint density at radius 1 is 1.09 bits per heavy atom. The SMILES string of the molecule is COc1cccc(-c2csc(NC(=O)CSc3ccc(NS(=O)(=O)c4cccs4)cc3)n2)c1. The van der Waals surface area contributed by atoms with Crippen LogP contribution in [-0.4, -0.2) is 32.2 Å². The van der Waals surface area contributed by atoms with Crippen molar-refractivity contribution in [2.45, 2.75) is 9.10 Å². The molecule has 0 saturated heterocycles. The molecule has 11 heteroatoms. The maximum atomic E-state index is 12.3. The number of benzene rings is 2. The van der Waals surface area contributed by atoms with Crippen LogP contribution in [0.4, 0.5) is 10.8 Å². The van der Waals surface area contributed by atoms with E-state index in [2.05, 4.69) is 15.0 Å². The zero-order valence-electron chi connectivity index (χ0n) is 17.3. The number of thiophene rings is 1. The summed E-state index contributed by atoms with van der Waals surface area (Å²) >= 11 is 3.87. The van der Waals surface area contributed by atoms with Gasteiger partial charge in [-0.2, -0.15) is 0 Å². The molecule has 2 aromatic heterocycles. The van der Waals surface area contributed by atoms with Crippen molar-refractivity contribution in [3.05, 3.63) is 71.4 Å². The molecule has 0 aliphatic rings. The molecule has 4 rings (SSSR count). The highest BCUT2D eigenvalue weighted by Crippen LogP contribution is 2.28. The summed E-state index contributed by atoms with van der Waals surface area (Å²) in [6.45, 7) is 0. The van der Waals surface area contributed by atoms with Crippen LogP contribution >= 0.6 is 34.4 Å². The Hall–Kier alpha value is -2.86. The van der Waals surface area contributed by atoms with Crippen molar-refractivity contribution in [3.63, 3.8) is 0 Å². The van der Waals surface area contributed by atoms with Crippen LogP contribution in [-0.2, 0) is 14.8 Å². The summed E-state index contributed by atoms with van der Waals surface area (Å²) in [5.41, 5.74) is 2.14. The molecule has 0 atom stereocenters. The van der Waals surface area contributed by atoms with E-state index < -0.39 is 10.0 Å². The molecular weight excluding hydrogens is 499 g/mol.